The van der Waals surface area contributed by atoms with E-state index >= 15 is 0 Å². The molecule has 2 aliphatic heterocycles. The summed E-state index contributed by atoms with van der Waals surface area (Å²) in [7, 11) is 0. The van der Waals surface area contributed by atoms with E-state index in [0.717, 1.165) is 54.9 Å². The van der Waals surface area contributed by atoms with Crippen molar-refractivity contribution in [2.75, 3.05) is 38.2 Å². The lowest BCUT2D eigenvalue weighted by molar-refractivity contribution is -0.127. The lowest BCUT2D eigenvalue weighted by Gasteiger charge is -2.27. The molecule has 0 saturated carbocycles. The van der Waals surface area contributed by atoms with Crippen LogP contribution in [-0.2, 0) is 22.6 Å². The quantitative estimate of drug-likeness (QED) is 0.263. The Morgan fingerprint density at radius 1 is 1.21 bits per heavy atom. The number of nitrogens with zero attached hydrogens (tertiary/aromatic N) is 5. The molecule has 1 aromatic carbocycles. The third-order valence-corrected chi connectivity index (χ3v) is 8.66. The molecule has 0 aliphatic carbocycles. The van der Waals surface area contributed by atoms with Crippen LogP contribution in [0.15, 0.2) is 42.0 Å². The second kappa shape index (κ2) is 12.9. The van der Waals surface area contributed by atoms with Crippen LogP contribution >= 0.6 is 11.3 Å². The fourth-order valence-corrected chi connectivity index (χ4v) is 6.32. The number of nitrogens with one attached hydrogen (secondary N) is 1. The normalized spacial score (nSPS) is 18.4. The second-order valence-electron chi connectivity index (χ2n) is 12.0. The van der Waals surface area contributed by atoms with Crippen molar-refractivity contribution < 1.29 is 23.1 Å². The number of aromatic nitrogens is 2. The number of allylic oxidation sites excluding steroid dienone is 1. The number of alkyl halides is 2. The number of carbonyl (C=O) groups excluding carboxylic acids is 2. The molecule has 4 heterocycles. The summed E-state index contributed by atoms with van der Waals surface area (Å²) in [6, 6.07) is 10.5. The molecule has 1 N–H and O–H groups in total. The Kier molecular flexibility index (Phi) is 9.25. The zero-order valence-electron chi connectivity index (χ0n) is 24.6. The average Bonchev–Trinajstić information content (AvgIpc) is 3.71. The Hall–Kier alpha value is -3.66. The van der Waals surface area contributed by atoms with Gasteiger partial charge < -0.3 is 14.2 Å². The molecule has 12 heteroatoms. The molecule has 1 atom stereocenters. The Morgan fingerprint density at radius 3 is 2.65 bits per heavy atom. The molecule has 1 unspecified atom stereocenters. The lowest BCUT2D eigenvalue weighted by atomic mass is 9.93. The Balaban J connectivity index is 1.46. The number of anilines is 1. The van der Waals surface area contributed by atoms with Crippen molar-refractivity contribution in [3.05, 3.63) is 57.3 Å². The number of imidazole rings is 1. The van der Waals surface area contributed by atoms with Gasteiger partial charge in [-0.3, -0.25) is 19.8 Å². The summed E-state index contributed by atoms with van der Waals surface area (Å²) in [5, 5.41) is 12.6. The molecule has 2 aromatic heterocycles. The standard InChI is InChI=1S/C31H36F2N6O3S/c1-31(2,3)16-21(17-34)29(41)38-10-4-5-22(38)19-39-24-7-6-20(18-37-11-13-42-14-12-37)15-23(24)35-30(39)36-28(40)26-9-8-25(43-26)27(32)33/h6-9,15-16,22,27H,4-5,10-14,18-19H2,1-3H3,(H,35,36,40). The fourth-order valence-electron chi connectivity index (χ4n) is 5.56. The van der Waals surface area contributed by atoms with Crippen molar-refractivity contribution in [1.82, 2.24) is 19.4 Å². The van der Waals surface area contributed by atoms with E-state index in [0.29, 0.717) is 31.8 Å². The number of rotatable bonds is 8. The monoisotopic (exact) mass is 610 g/mol. The molecule has 5 rings (SSSR count). The summed E-state index contributed by atoms with van der Waals surface area (Å²) in [5.41, 5.74) is 2.31. The van der Waals surface area contributed by atoms with Crippen LogP contribution in [0.2, 0.25) is 0 Å². The van der Waals surface area contributed by atoms with Gasteiger partial charge in [0, 0.05) is 32.7 Å². The van der Waals surface area contributed by atoms with Crippen LogP contribution < -0.4 is 5.32 Å². The highest BCUT2D eigenvalue weighted by Crippen LogP contribution is 2.30. The van der Waals surface area contributed by atoms with E-state index in [2.05, 4.69) is 16.3 Å². The highest BCUT2D eigenvalue weighted by Gasteiger charge is 2.33. The lowest BCUT2D eigenvalue weighted by Crippen LogP contribution is -2.39. The largest absolute Gasteiger partial charge is 0.379 e. The van der Waals surface area contributed by atoms with Crippen molar-refractivity contribution in [3.63, 3.8) is 0 Å². The number of hydrogen-bond acceptors (Lipinski definition) is 7. The van der Waals surface area contributed by atoms with Gasteiger partial charge in [-0.2, -0.15) is 5.26 Å². The number of likely N-dealkylation sites (tertiary alicyclic amines) is 1. The van der Waals surface area contributed by atoms with Gasteiger partial charge in [0.1, 0.15) is 11.6 Å². The summed E-state index contributed by atoms with van der Waals surface area (Å²) in [6.45, 7) is 10.5. The predicted octanol–water partition coefficient (Wildman–Crippen LogP) is 5.61. The number of thiophene rings is 1. The number of carbonyl (C=O) groups is 2. The number of halogens is 2. The molecule has 0 radical (unpaired) electrons. The van der Waals surface area contributed by atoms with Gasteiger partial charge in [-0.25, -0.2) is 13.8 Å². The van der Waals surface area contributed by atoms with Crippen LogP contribution in [0.1, 0.15) is 60.2 Å². The van der Waals surface area contributed by atoms with Gasteiger partial charge in [0.25, 0.3) is 18.2 Å². The average molecular weight is 611 g/mol. The maximum Gasteiger partial charge on any atom is 0.272 e. The minimum absolute atomic E-state index is 0.115. The fraction of sp³-hybridized carbons (Fsp3) is 0.484. The highest BCUT2D eigenvalue weighted by atomic mass is 32.1. The molecule has 0 spiro atoms. The van der Waals surface area contributed by atoms with Crippen molar-refractivity contribution in [2.45, 2.75) is 59.2 Å². The van der Waals surface area contributed by atoms with Crippen LogP contribution in [0.5, 0.6) is 0 Å². The summed E-state index contributed by atoms with van der Waals surface area (Å²) in [4.78, 5) is 35.4. The Morgan fingerprint density at radius 2 is 1.98 bits per heavy atom. The maximum absolute atomic E-state index is 13.5. The van der Waals surface area contributed by atoms with Gasteiger partial charge in [0.15, 0.2) is 0 Å². The molecular formula is C31H36F2N6O3S. The summed E-state index contributed by atoms with van der Waals surface area (Å²) < 4.78 is 33.7. The predicted molar refractivity (Wildman–Crippen MR) is 161 cm³/mol. The van der Waals surface area contributed by atoms with Crippen LogP contribution in [0.4, 0.5) is 14.7 Å². The third-order valence-electron chi connectivity index (χ3n) is 7.57. The van der Waals surface area contributed by atoms with Gasteiger partial charge in [-0.15, -0.1) is 11.3 Å². The van der Waals surface area contributed by atoms with E-state index in [1.165, 1.54) is 12.1 Å². The minimum Gasteiger partial charge on any atom is -0.379 e. The molecule has 228 valence electrons. The number of morpholine rings is 1. The first-order valence-electron chi connectivity index (χ1n) is 14.4. The minimum atomic E-state index is -2.66. The van der Waals surface area contributed by atoms with E-state index < -0.39 is 12.3 Å². The van der Waals surface area contributed by atoms with E-state index in [1.54, 1.807) is 11.0 Å². The van der Waals surface area contributed by atoms with Gasteiger partial charge in [-0.05, 0) is 48.1 Å². The number of benzene rings is 1. The van der Waals surface area contributed by atoms with Crippen LogP contribution in [-0.4, -0.2) is 70.1 Å². The summed E-state index contributed by atoms with van der Waals surface area (Å²) in [6.07, 6.45) is 0.560. The second-order valence-corrected chi connectivity index (χ2v) is 13.2. The Labute approximate surface area is 253 Å². The van der Waals surface area contributed by atoms with Gasteiger partial charge >= 0.3 is 0 Å². The zero-order valence-corrected chi connectivity index (χ0v) is 25.4. The van der Waals surface area contributed by atoms with E-state index in [4.69, 9.17) is 9.72 Å². The van der Waals surface area contributed by atoms with Crippen LogP contribution in [0.3, 0.4) is 0 Å². The van der Waals surface area contributed by atoms with Gasteiger partial charge in [-0.1, -0.05) is 32.9 Å². The van der Waals surface area contributed by atoms with Crippen molar-refractivity contribution >= 4 is 40.1 Å². The molecule has 2 fully saturated rings. The van der Waals surface area contributed by atoms with E-state index in [1.807, 2.05) is 43.5 Å². The first kappa shape index (κ1) is 30.8. The summed E-state index contributed by atoms with van der Waals surface area (Å²) in [5.74, 6) is -0.553. The van der Waals surface area contributed by atoms with Gasteiger partial charge in [0.2, 0.25) is 5.95 Å². The first-order chi connectivity index (χ1) is 20.5. The molecule has 0 bridgehead atoms. The number of fused-ring (bicyclic) bond motifs is 1. The molecule has 2 amide bonds. The van der Waals surface area contributed by atoms with E-state index in [-0.39, 0.29) is 38.6 Å². The smallest absolute Gasteiger partial charge is 0.272 e. The van der Waals surface area contributed by atoms with Gasteiger partial charge in [0.05, 0.1) is 40.0 Å². The zero-order chi connectivity index (χ0) is 30.7. The molecule has 9 nitrogen and oxygen atoms in total. The Bertz CT molecular complexity index is 1560. The number of amides is 2. The summed E-state index contributed by atoms with van der Waals surface area (Å²) >= 11 is 0.746. The van der Waals surface area contributed by atoms with Crippen LogP contribution in [0, 0.1) is 16.7 Å². The van der Waals surface area contributed by atoms with Crippen molar-refractivity contribution in [1.29, 1.82) is 5.26 Å². The first-order valence-corrected chi connectivity index (χ1v) is 15.3. The van der Waals surface area contributed by atoms with E-state index in [9.17, 15) is 23.6 Å². The SMILES string of the molecule is CC(C)(C)C=C(C#N)C(=O)N1CCCC1Cn1c(NC(=O)c2ccc(C(F)F)s2)nc2cc(CN3CCOCC3)ccc21. The van der Waals surface area contributed by atoms with Crippen LogP contribution in [0.25, 0.3) is 11.0 Å². The molecule has 43 heavy (non-hydrogen) atoms. The number of nitriles is 1. The number of ether oxygens (including phenoxy) is 1. The third kappa shape index (κ3) is 7.29. The molecular weight excluding hydrogens is 574 g/mol. The topological polar surface area (TPSA) is 103 Å². The number of hydrogen-bond donors (Lipinski definition) is 1. The molecule has 2 aliphatic rings. The molecule has 3 aromatic rings. The highest BCUT2D eigenvalue weighted by molar-refractivity contribution is 7.14. The van der Waals surface area contributed by atoms with Crippen molar-refractivity contribution in [2.24, 2.45) is 5.41 Å². The molecule has 2 saturated heterocycles. The van der Waals surface area contributed by atoms with Crippen molar-refractivity contribution in [3.8, 4) is 6.07 Å². The maximum atomic E-state index is 13.5.